The Morgan fingerprint density at radius 2 is 1.76 bits per heavy atom. The molecule has 2 aliphatic heterocycles. The first-order valence-corrected chi connectivity index (χ1v) is 8.61. The molecule has 2 aliphatic rings. The molecule has 5 heteroatoms. The molecule has 1 atom stereocenters. The summed E-state index contributed by atoms with van der Waals surface area (Å²) < 4.78 is 0. The maximum atomic E-state index is 12.4. The van der Waals surface area contributed by atoms with E-state index in [1.165, 1.54) is 11.3 Å². The summed E-state index contributed by atoms with van der Waals surface area (Å²) in [7, 11) is 0. The number of hydrogen-bond donors (Lipinski definition) is 0. The number of thiophene rings is 1. The molecule has 114 valence electrons. The van der Waals surface area contributed by atoms with Crippen molar-refractivity contribution in [2.75, 3.05) is 26.2 Å². The number of piperidine rings is 1. The highest BCUT2D eigenvalue weighted by atomic mass is 32.1. The van der Waals surface area contributed by atoms with Crippen molar-refractivity contribution in [1.82, 2.24) is 9.80 Å². The lowest BCUT2D eigenvalue weighted by molar-refractivity contribution is -0.130. The van der Waals surface area contributed by atoms with Crippen LogP contribution in [0.15, 0.2) is 17.5 Å². The normalized spacial score (nSPS) is 23.6. The van der Waals surface area contributed by atoms with E-state index in [1.807, 2.05) is 27.3 Å². The SMILES string of the molecule is CC(=O)N1CCC(C2CCN(C(=O)c3cccs3)C2)CC1. The van der Waals surface area contributed by atoms with Crippen LogP contribution in [-0.2, 0) is 4.79 Å². The van der Waals surface area contributed by atoms with E-state index in [2.05, 4.69) is 0 Å². The van der Waals surface area contributed by atoms with Crippen LogP contribution in [0.5, 0.6) is 0 Å². The first kappa shape index (κ1) is 14.6. The Morgan fingerprint density at radius 3 is 2.38 bits per heavy atom. The fourth-order valence-electron chi connectivity index (χ4n) is 3.60. The number of hydrogen-bond acceptors (Lipinski definition) is 3. The van der Waals surface area contributed by atoms with Crippen LogP contribution < -0.4 is 0 Å². The van der Waals surface area contributed by atoms with Crippen LogP contribution in [0.1, 0.15) is 35.9 Å². The van der Waals surface area contributed by atoms with Crippen molar-refractivity contribution in [2.24, 2.45) is 11.8 Å². The van der Waals surface area contributed by atoms with Gasteiger partial charge in [-0.05, 0) is 42.5 Å². The van der Waals surface area contributed by atoms with Crippen LogP contribution >= 0.6 is 11.3 Å². The smallest absolute Gasteiger partial charge is 0.263 e. The maximum absolute atomic E-state index is 12.4. The van der Waals surface area contributed by atoms with E-state index in [0.29, 0.717) is 11.8 Å². The van der Waals surface area contributed by atoms with Crippen LogP contribution in [0.25, 0.3) is 0 Å². The van der Waals surface area contributed by atoms with Gasteiger partial charge in [-0.1, -0.05) is 6.07 Å². The van der Waals surface area contributed by atoms with E-state index in [0.717, 1.165) is 50.3 Å². The minimum atomic E-state index is 0.189. The fraction of sp³-hybridized carbons (Fsp3) is 0.625. The van der Waals surface area contributed by atoms with Crippen molar-refractivity contribution in [2.45, 2.75) is 26.2 Å². The summed E-state index contributed by atoms with van der Waals surface area (Å²) in [5.74, 6) is 1.66. The van der Waals surface area contributed by atoms with Crippen molar-refractivity contribution in [3.63, 3.8) is 0 Å². The van der Waals surface area contributed by atoms with Crippen LogP contribution in [0.3, 0.4) is 0 Å². The Labute approximate surface area is 129 Å². The quantitative estimate of drug-likeness (QED) is 0.842. The van der Waals surface area contributed by atoms with Crippen LogP contribution in [0.4, 0.5) is 0 Å². The lowest BCUT2D eigenvalue weighted by Crippen LogP contribution is -2.39. The van der Waals surface area contributed by atoms with Crippen molar-refractivity contribution >= 4 is 23.2 Å². The highest BCUT2D eigenvalue weighted by molar-refractivity contribution is 7.12. The van der Waals surface area contributed by atoms with Gasteiger partial charge in [0.15, 0.2) is 0 Å². The predicted octanol–water partition coefficient (Wildman–Crippen LogP) is 2.47. The van der Waals surface area contributed by atoms with Crippen molar-refractivity contribution in [3.8, 4) is 0 Å². The zero-order valence-corrected chi connectivity index (χ0v) is 13.3. The first-order chi connectivity index (χ1) is 10.1. The molecular weight excluding hydrogens is 284 g/mol. The topological polar surface area (TPSA) is 40.6 Å². The predicted molar refractivity (Wildman–Crippen MR) is 83.3 cm³/mol. The Balaban J connectivity index is 1.53. The van der Waals surface area contributed by atoms with E-state index >= 15 is 0 Å². The molecule has 1 aromatic heterocycles. The van der Waals surface area contributed by atoms with Crippen LogP contribution in [0.2, 0.25) is 0 Å². The number of carbonyl (C=O) groups is 2. The van der Waals surface area contributed by atoms with Gasteiger partial charge in [-0.15, -0.1) is 11.3 Å². The number of carbonyl (C=O) groups excluding carboxylic acids is 2. The van der Waals surface area contributed by atoms with E-state index < -0.39 is 0 Å². The number of amides is 2. The summed E-state index contributed by atoms with van der Waals surface area (Å²) in [6.45, 7) is 5.19. The molecule has 2 fully saturated rings. The molecule has 1 aromatic rings. The third-order valence-electron chi connectivity index (χ3n) is 4.90. The van der Waals surface area contributed by atoms with E-state index in [1.54, 1.807) is 6.92 Å². The van der Waals surface area contributed by atoms with Crippen molar-refractivity contribution in [3.05, 3.63) is 22.4 Å². The first-order valence-electron chi connectivity index (χ1n) is 7.73. The lowest BCUT2D eigenvalue weighted by Gasteiger charge is -2.34. The van der Waals surface area contributed by atoms with Gasteiger partial charge in [-0.3, -0.25) is 9.59 Å². The van der Waals surface area contributed by atoms with Gasteiger partial charge in [0.2, 0.25) is 5.91 Å². The molecule has 21 heavy (non-hydrogen) atoms. The fourth-order valence-corrected chi connectivity index (χ4v) is 4.29. The monoisotopic (exact) mass is 306 g/mol. The highest BCUT2D eigenvalue weighted by Crippen LogP contribution is 2.32. The van der Waals surface area contributed by atoms with E-state index in [-0.39, 0.29) is 11.8 Å². The molecule has 0 saturated carbocycles. The summed E-state index contributed by atoms with van der Waals surface area (Å²) in [5.41, 5.74) is 0. The standard InChI is InChI=1S/C16H22N2O2S/c1-12(19)17-7-4-13(5-8-17)14-6-9-18(11-14)16(20)15-3-2-10-21-15/h2-3,10,13-14H,4-9,11H2,1H3. The molecule has 2 amide bonds. The minimum Gasteiger partial charge on any atom is -0.343 e. The molecule has 0 radical (unpaired) electrons. The molecule has 1 unspecified atom stereocenters. The molecular formula is C16H22N2O2S. The van der Waals surface area contributed by atoms with Gasteiger partial charge in [0.25, 0.3) is 5.91 Å². The van der Waals surface area contributed by atoms with E-state index in [9.17, 15) is 9.59 Å². The van der Waals surface area contributed by atoms with Crippen molar-refractivity contribution < 1.29 is 9.59 Å². The Bertz CT molecular complexity index is 506. The second kappa shape index (κ2) is 6.18. The Morgan fingerprint density at radius 1 is 1.10 bits per heavy atom. The summed E-state index contributed by atoms with van der Waals surface area (Å²) in [6, 6.07) is 3.84. The molecule has 3 rings (SSSR count). The van der Waals surface area contributed by atoms with Crippen LogP contribution in [-0.4, -0.2) is 47.8 Å². The minimum absolute atomic E-state index is 0.189. The van der Waals surface area contributed by atoms with Gasteiger partial charge >= 0.3 is 0 Å². The summed E-state index contributed by atoms with van der Waals surface area (Å²) in [5, 5.41) is 1.96. The molecule has 0 spiro atoms. The molecule has 0 aliphatic carbocycles. The van der Waals surface area contributed by atoms with Gasteiger partial charge < -0.3 is 9.80 Å². The molecule has 0 bridgehead atoms. The van der Waals surface area contributed by atoms with Crippen molar-refractivity contribution in [1.29, 1.82) is 0 Å². The van der Waals surface area contributed by atoms with Gasteiger partial charge in [-0.2, -0.15) is 0 Å². The third kappa shape index (κ3) is 3.12. The maximum Gasteiger partial charge on any atom is 0.263 e. The molecule has 3 heterocycles. The Hall–Kier alpha value is -1.36. The summed E-state index contributed by atoms with van der Waals surface area (Å²) in [4.78, 5) is 28.5. The molecule has 2 saturated heterocycles. The van der Waals surface area contributed by atoms with Gasteiger partial charge in [0, 0.05) is 33.1 Å². The summed E-state index contributed by atoms with van der Waals surface area (Å²) >= 11 is 1.52. The van der Waals surface area contributed by atoms with Gasteiger partial charge in [0.1, 0.15) is 0 Å². The van der Waals surface area contributed by atoms with Gasteiger partial charge in [0.05, 0.1) is 4.88 Å². The number of rotatable bonds is 2. The second-order valence-corrected chi connectivity index (χ2v) is 7.07. The van der Waals surface area contributed by atoms with E-state index in [4.69, 9.17) is 0 Å². The number of likely N-dealkylation sites (tertiary alicyclic amines) is 2. The third-order valence-corrected chi connectivity index (χ3v) is 5.75. The Kier molecular flexibility index (Phi) is 4.29. The van der Waals surface area contributed by atoms with Crippen LogP contribution in [0, 0.1) is 11.8 Å². The molecule has 0 aromatic carbocycles. The summed E-state index contributed by atoms with van der Waals surface area (Å²) in [6.07, 6.45) is 3.29. The highest BCUT2D eigenvalue weighted by Gasteiger charge is 2.34. The number of nitrogens with zero attached hydrogens (tertiary/aromatic N) is 2. The zero-order valence-electron chi connectivity index (χ0n) is 12.5. The zero-order chi connectivity index (χ0) is 14.8. The average molecular weight is 306 g/mol. The molecule has 0 N–H and O–H groups in total. The van der Waals surface area contributed by atoms with Gasteiger partial charge in [-0.25, -0.2) is 0 Å². The molecule has 4 nitrogen and oxygen atoms in total. The largest absolute Gasteiger partial charge is 0.343 e. The average Bonchev–Trinajstić information content (AvgIpc) is 3.18. The lowest BCUT2D eigenvalue weighted by atomic mass is 9.84. The second-order valence-electron chi connectivity index (χ2n) is 6.12.